The van der Waals surface area contributed by atoms with Crippen LogP contribution in [-0.4, -0.2) is 36.6 Å². The number of rotatable bonds is 8. The van der Waals surface area contributed by atoms with Gasteiger partial charge >= 0.3 is 0 Å². The van der Waals surface area contributed by atoms with Crippen LogP contribution in [0.1, 0.15) is 66.7 Å². The van der Waals surface area contributed by atoms with Crippen molar-refractivity contribution in [2.24, 2.45) is 11.8 Å². The molecular formula is C17H36N2. The molecule has 1 aliphatic rings. The van der Waals surface area contributed by atoms with Crippen LogP contribution in [0.4, 0.5) is 0 Å². The predicted octanol–water partition coefficient (Wildman–Crippen LogP) is 3.91. The van der Waals surface area contributed by atoms with Gasteiger partial charge in [-0.3, -0.25) is 4.90 Å². The molecule has 2 nitrogen and oxygen atoms in total. The van der Waals surface area contributed by atoms with Crippen molar-refractivity contribution < 1.29 is 0 Å². The third-order valence-electron chi connectivity index (χ3n) is 4.84. The molecule has 114 valence electrons. The van der Waals surface area contributed by atoms with E-state index in [0.717, 1.165) is 17.9 Å². The van der Waals surface area contributed by atoms with E-state index in [1.807, 2.05) is 0 Å². The van der Waals surface area contributed by atoms with Gasteiger partial charge in [-0.05, 0) is 24.7 Å². The van der Waals surface area contributed by atoms with Crippen LogP contribution in [-0.2, 0) is 0 Å². The molecule has 1 aliphatic heterocycles. The van der Waals surface area contributed by atoms with Gasteiger partial charge in [0.1, 0.15) is 0 Å². The first-order valence-corrected chi connectivity index (χ1v) is 8.59. The molecular weight excluding hydrogens is 232 g/mol. The molecule has 0 aromatic carbocycles. The maximum Gasteiger partial charge on any atom is 0.0221 e. The smallest absolute Gasteiger partial charge is 0.0221 e. The highest BCUT2D eigenvalue weighted by Gasteiger charge is 2.29. The van der Waals surface area contributed by atoms with Crippen molar-refractivity contribution in [3.63, 3.8) is 0 Å². The number of hydrogen-bond acceptors (Lipinski definition) is 2. The van der Waals surface area contributed by atoms with E-state index in [9.17, 15) is 0 Å². The van der Waals surface area contributed by atoms with E-state index in [4.69, 9.17) is 0 Å². The molecule has 0 radical (unpaired) electrons. The summed E-state index contributed by atoms with van der Waals surface area (Å²) in [4.78, 5) is 2.79. The van der Waals surface area contributed by atoms with Crippen molar-refractivity contribution in [3.8, 4) is 0 Å². The third kappa shape index (κ3) is 5.43. The topological polar surface area (TPSA) is 15.3 Å². The molecule has 4 unspecified atom stereocenters. The van der Waals surface area contributed by atoms with Crippen molar-refractivity contribution in [3.05, 3.63) is 0 Å². The minimum atomic E-state index is 0.701. The Morgan fingerprint density at radius 2 is 1.89 bits per heavy atom. The lowest BCUT2D eigenvalue weighted by Gasteiger charge is -2.43. The molecule has 1 fully saturated rings. The summed E-state index contributed by atoms with van der Waals surface area (Å²) in [7, 11) is 0. The van der Waals surface area contributed by atoms with E-state index in [-0.39, 0.29) is 0 Å². The van der Waals surface area contributed by atoms with Crippen molar-refractivity contribution in [2.75, 3.05) is 19.6 Å². The van der Waals surface area contributed by atoms with E-state index >= 15 is 0 Å². The summed E-state index contributed by atoms with van der Waals surface area (Å²) in [5.74, 6) is 1.64. The predicted molar refractivity (Wildman–Crippen MR) is 85.6 cm³/mol. The van der Waals surface area contributed by atoms with Gasteiger partial charge in [0.25, 0.3) is 0 Å². The molecule has 1 N–H and O–H groups in total. The lowest BCUT2D eigenvalue weighted by Crippen LogP contribution is -2.59. The second kappa shape index (κ2) is 8.97. The van der Waals surface area contributed by atoms with Gasteiger partial charge < -0.3 is 5.32 Å². The normalized spacial score (nSPS) is 28.3. The van der Waals surface area contributed by atoms with Crippen molar-refractivity contribution >= 4 is 0 Å². The largest absolute Gasteiger partial charge is 0.311 e. The van der Waals surface area contributed by atoms with Gasteiger partial charge in [-0.2, -0.15) is 0 Å². The minimum absolute atomic E-state index is 0.701. The van der Waals surface area contributed by atoms with Crippen LogP contribution >= 0.6 is 0 Å². The molecule has 0 aromatic heterocycles. The Hall–Kier alpha value is -0.0800. The summed E-state index contributed by atoms with van der Waals surface area (Å²) >= 11 is 0. The van der Waals surface area contributed by atoms with Crippen LogP contribution in [0.15, 0.2) is 0 Å². The van der Waals surface area contributed by atoms with Crippen LogP contribution in [0.5, 0.6) is 0 Å². The summed E-state index contributed by atoms with van der Waals surface area (Å²) in [6, 6.07) is 1.47. The highest BCUT2D eigenvalue weighted by molar-refractivity contribution is 4.88. The van der Waals surface area contributed by atoms with Gasteiger partial charge in [-0.25, -0.2) is 0 Å². The van der Waals surface area contributed by atoms with Crippen LogP contribution < -0.4 is 5.32 Å². The maximum absolute atomic E-state index is 3.80. The maximum atomic E-state index is 3.80. The van der Waals surface area contributed by atoms with Crippen LogP contribution in [0, 0.1) is 11.8 Å². The number of nitrogens with zero attached hydrogens (tertiary/aromatic N) is 1. The Kier molecular flexibility index (Phi) is 8.01. The van der Waals surface area contributed by atoms with Gasteiger partial charge in [0.2, 0.25) is 0 Å². The Morgan fingerprint density at radius 3 is 2.47 bits per heavy atom. The molecule has 0 bridgehead atoms. The third-order valence-corrected chi connectivity index (χ3v) is 4.84. The van der Waals surface area contributed by atoms with Crippen molar-refractivity contribution in [2.45, 2.75) is 78.8 Å². The van der Waals surface area contributed by atoms with Crippen molar-refractivity contribution in [1.82, 2.24) is 10.2 Å². The lowest BCUT2D eigenvalue weighted by molar-refractivity contribution is 0.0874. The fourth-order valence-corrected chi connectivity index (χ4v) is 3.37. The highest BCUT2D eigenvalue weighted by atomic mass is 15.2. The Balaban J connectivity index is 2.56. The summed E-state index contributed by atoms with van der Waals surface area (Å²) in [5, 5.41) is 3.80. The first-order valence-electron chi connectivity index (χ1n) is 8.59. The quantitative estimate of drug-likeness (QED) is 0.718. The van der Waals surface area contributed by atoms with Crippen LogP contribution in [0.3, 0.4) is 0 Å². The van der Waals surface area contributed by atoms with Gasteiger partial charge in [0.05, 0.1) is 0 Å². The van der Waals surface area contributed by atoms with E-state index in [0.29, 0.717) is 6.04 Å². The SMILES string of the molecule is CCCC(C)CN1CC(C(C)CC)NCC1CCC. The van der Waals surface area contributed by atoms with Gasteiger partial charge in [0.15, 0.2) is 0 Å². The molecule has 19 heavy (non-hydrogen) atoms. The summed E-state index contributed by atoms with van der Waals surface area (Å²) in [5.41, 5.74) is 0. The molecule has 0 saturated carbocycles. The fourth-order valence-electron chi connectivity index (χ4n) is 3.37. The highest BCUT2D eigenvalue weighted by Crippen LogP contribution is 2.20. The average Bonchev–Trinajstić information content (AvgIpc) is 2.40. The molecule has 0 aliphatic carbocycles. The van der Waals surface area contributed by atoms with Crippen molar-refractivity contribution in [1.29, 1.82) is 0 Å². The summed E-state index contributed by atoms with van der Waals surface area (Å²) in [6.45, 7) is 15.5. The molecule has 1 saturated heterocycles. The first kappa shape index (κ1) is 17.0. The number of nitrogens with one attached hydrogen (secondary N) is 1. The monoisotopic (exact) mass is 268 g/mol. The molecule has 1 rings (SSSR count). The first-order chi connectivity index (χ1) is 9.12. The zero-order valence-electron chi connectivity index (χ0n) is 13.9. The summed E-state index contributed by atoms with van der Waals surface area (Å²) in [6.07, 6.45) is 6.63. The minimum Gasteiger partial charge on any atom is -0.311 e. The van der Waals surface area contributed by atoms with E-state index in [2.05, 4.69) is 44.8 Å². The summed E-state index contributed by atoms with van der Waals surface area (Å²) < 4.78 is 0. The second-order valence-electron chi connectivity index (χ2n) is 6.69. The van der Waals surface area contributed by atoms with E-state index in [1.165, 1.54) is 51.7 Å². The van der Waals surface area contributed by atoms with E-state index < -0.39 is 0 Å². The molecule has 0 amide bonds. The second-order valence-corrected chi connectivity index (χ2v) is 6.69. The van der Waals surface area contributed by atoms with Gasteiger partial charge in [-0.15, -0.1) is 0 Å². The molecule has 2 heteroatoms. The van der Waals surface area contributed by atoms with Gasteiger partial charge in [0, 0.05) is 31.7 Å². The Morgan fingerprint density at radius 1 is 1.16 bits per heavy atom. The van der Waals surface area contributed by atoms with E-state index in [1.54, 1.807) is 0 Å². The lowest BCUT2D eigenvalue weighted by atomic mass is 9.93. The van der Waals surface area contributed by atoms with Crippen LogP contribution in [0.2, 0.25) is 0 Å². The zero-order valence-corrected chi connectivity index (χ0v) is 13.9. The Bertz CT molecular complexity index is 229. The average molecular weight is 268 g/mol. The standard InChI is InChI=1S/C17H36N2/c1-6-9-14(4)12-19-13-17(15(5)8-3)18-11-16(19)10-7-2/h14-18H,6-13H2,1-5H3. The number of piperazine rings is 1. The molecule has 1 heterocycles. The molecule has 0 spiro atoms. The molecule has 4 atom stereocenters. The van der Waals surface area contributed by atoms with Gasteiger partial charge in [-0.1, -0.05) is 53.9 Å². The Labute approximate surface area is 121 Å². The molecule has 0 aromatic rings. The zero-order chi connectivity index (χ0) is 14.3. The van der Waals surface area contributed by atoms with Crippen LogP contribution in [0.25, 0.3) is 0 Å². The fraction of sp³-hybridized carbons (Fsp3) is 1.00. The number of hydrogen-bond donors (Lipinski definition) is 1.